The van der Waals surface area contributed by atoms with E-state index in [4.69, 9.17) is 34.8 Å². The molecule has 0 radical (unpaired) electrons. The molecule has 4 nitrogen and oxygen atoms in total. The summed E-state index contributed by atoms with van der Waals surface area (Å²) in [4.78, 5) is 26.5. The van der Waals surface area contributed by atoms with E-state index in [0.29, 0.717) is 6.42 Å². The molecule has 1 heterocycles. The van der Waals surface area contributed by atoms with Crippen LogP contribution in [0.25, 0.3) is 5.69 Å². The molecule has 2 aromatic rings. The van der Waals surface area contributed by atoms with Gasteiger partial charge in [0.1, 0.15) is 11.0 Å². The zero-order chi connectivity index (χ0) is 15.0. The molecule has 0 amide bonds. The highest BCUT2D eigenvalue weighted by atomic mass is 35.5. The van der Waals surface area contributed by atoms with Gasteiger partial charge in [-0.2, -0.15) is 0 Å². The average molecular weight is 338 g/mol. The van der Waals surface area contributed by atoms with E-state index in [-0.39, 0.29) is 26.4 Å². The topological polar surface area (TPSA) is 54.9 Å². The van der Waals surface area contributed by atoms with Crippen molar-refractivity contribution in [2.45, 2.75) is 13.3 Å². The Labute approximate surface area is 127 Å². The second kappa shape index (κ2) is 5.60. The molecule has 20 heavy (non-hydrogen) atoms. The minimum atomic E-state index is -0.799. The molecule has 0 aliphatic heterocycles. The number of nitrogens with zero attached hydrogens (tertiary/aromatic N) is 1. The Morgan fingerprint density at radius 3 is 2.25 bits per heavy atom. The number of rotatable bonds is 2. The lowest BCUT2D eigenvalue weighted by Crippen LogP contribution is -2.36. The molecule has 2 rings (SSSR count). The van der Waals surface area contributed by atoms with Crippen molar-refractivity contribution in [2.75, 3.05) is 0 Å². The summed E-state index contributed by atoms with van der Waals surface area (Å²) in [6.07, 6.45) is 0.310. The van der Waals surface area contributed by atoms with Crippen LogP contribution in [0.2, 0.25) is 15.2 Å². The zero-order valence-electron chi connectivity index (χ0n) is 10.1. The van der Waals surface area contributed by atoms with Crippen LogP contribution in [0.4, 0.5) is 4.39 Å². The van der Waals surface area contributed by atoms with Crippen LogP contribution in [-0.2, 0) is 6.42 Å². The van der Waals surface area contributed by atoms with Crippen LogP contribution in [-0.4, -0.2) is 9.55 Å². The number of aromatic amines is 1. The summed E-state index contributed by atoms with van der Waals surface area (Å²) in [5.74, 6) is -0.669. The van der Waals surface area contributed by atoms with Gasteiger partial charge in [-0.3, -0.25) is 9.78 Å². The van der Waals surface area contributed by atoms with Crippen LogP contribution in [0.15, 0.2) is 21.7 Å². The van der Waals surface area contributed by atoms with E-state index in [1.165, 1.54) is 0 Å². The van der Waals surface area contributed by atoms with Crippen molar-refractivity contribution in [3.63, 3.8) is 0 Å². The van der Waals surface area contributed by atoms with Gasteiger partial charge in [-0.25, -0.2) is 13.8 Å². The van der Waals surface area contributed by atoms with Crippen molar-refractivity contribution in [1.29, 1.82) is 0 Å². The van der Waals surface area contributed by atoms with Gasteiger partial charge < -0.3 is 0 Å². The van der Waals surface area contributed by atoms with Crippen molar-refractivity contribution < 1.29 is 4.39 Å². The molecule has 0 bridgehead atoms. The molecule has 106 valence electrons. The molecule has 0 aliphatic rings. The molecule has 0 fully saturated rings. The van der Waals surface area contributed by atoms with Crippen LogP contribution < -0.4 is 11.2 Å². The number of halogens is 4. The first kappa shape index (κ1) is 15.1. The fourth-order valence-electron chi connectivity index (χ4n) is 1.80. The molecule has 1 N–H and O–H groups in total. The Kier molecular flexibility index (Phi) is 4.22. The van der Waals surface area contributed by atoms with Crippen molar-refractivity contribution in [1.82, 2.24) is 9.55 Å². The largest absolute Gasteiger partial charge is 0.334 e. The second-order valence-electron chi connectivity index (χ2n) is 3.93. The predicted molar refractivity (Wildman–Crippen MR) is 77.0 cm³/mol. The summed E-state index contributed by atoms with van der Waals surface area (Å²) < 4.78 is 13.9. The molecule has 0 aliphatic carbocycles. The Hall–Kier alpha value is -1.30. The zero-order valence-corrected chi connectivity index (χ0v) is 12.4. The fourth-order valence-corrected chi connectivity index (χ4v) is 2.73. The maximum atomic E-state index is 13.2. The lowest BCUT2D eigenvalue weighted by molar-refractivity contribution is 0.627. The smallest absolute Gasteiger partial charge is 0.297 e. The third kappa shape index (κ3) is 2.49. The fraction of sp³-hybridized carbons (Fsp3) is 0.167. The van der Waals surface area contributed by atoms with Gasteiger partial charge in [-0.15, -0.1) is 0 Å². The Bertz CT molecular complexity index is 775. The van der Waals surface area contributed by atoms with E-state index in [1.54, 1.807) is 6.92 Å². The maximum Gasteiger partial charge on any atom is 0.334 e. The normalized spacial score (nSPS) is 10.8. The lowest BCUT2D eigenvalue weighted by Gasteiger charge is -2.11. The minimum absolute atomic E-state index is 0.0342. The van der Waals surface area contributed by atoms with Gasteiger partial charge in [0.2, 0.25) is 0 Å². The van der Waals surface area contributed by atoms with E-state index in [1.807, 2.05) is 0 Å². The van der Waals surface area contributed by atoms with Gasteiger partial charge in [0.25, 0.3) is 5.56 Å². The van der Waals surface area contributed by atoms with Crippen molar-refractivity contribution in [2.24, 2.45) is 0 Å². The summed E-state index contributed by atoms with van der Waals surface area (Å²) in [6, 6.07) is 1.93. The molecule has 0 unspecified atom stereocenters. The van der Waals surface area contributed by atoms with Crippen molar-refractivity contribution in [3.8, 4) is 5.69 Å². The van der Waals surface area contributed by atoms with E-state index >= 15 is 0 Å². The SMILES string of the molecule is CCc1c(Cl)[nH]c(=O)n(-c2c(Cl)cc(F)cc2Cl)c1=O. The van der Waals surface area contributed by atoms with Crippen LogP contribution in [0.5, 0.6) is 0 Å². The Balaban J connectivity index is 2.91. The highest BCUT2D eigenvalue weighted by Gasteiger charge is 2.18. The number of benzene rings is 1. The highest BCUT2D eigenvalue weighted by Crippen LogP contribution is 2.28. The van der Waals surface area contributed by atoms with Crippen LogP contribution in [0.3, 0.4) is 0 Å². The summed E-state index contributed by atoms with van der Waals surface area (Å²) >= 11 is 17.6. The molecule has 0 saturated carbocycles. The first-order chi connectivity index (χ1) is 9.36. The van der Waals surface area contributed by atoms with Crippen LogP contribution >= 0.6 is 34.8 Å². The minimum Gasteiger partial charge on any atom is -0.297 e. The number of H-pyrrole nitrogens is 1. The monoisotopic (exact) mass is 336 g/mol. The van der Waals surface area contributed by atoms with Crippen molar-refractivity contribution in [3.05, 3.63) is 59.5 Å². The first-order valence-corrected chi connectivity index (χ1v) is 6.68. The Morgan fingerprint density at radius 2 is 1.75 bits per heavy atom. The summed E-state index contributed by atoms with van der Waals surface area (Å²) in [7, 11) is 0. The summed E-state index contributed by atoms with van der Waals surface area (Å²) in [6.45, 7) is 1.71. The highest BCUT2D eigenvalue weighted by molar-refractivity contribution is 6.37. The maximum absolute atomic E-state index is 13.2. The number of hydrogen-bond acceptors (Lipinski definition) is 2. The van der Waals surface area contributed by atoms with Crippen molar-refractivity contribution >= 4 is 34.8 Å². The second-order valence-corrected chi connectivity index (χ2v) is 5.13. The Morgan fingerprint density at radius 1 is 1.20 bits per heavy atom. The molecular formula is C12H8Cl3FN2O2. The summed E-state index contributed by atoms with van der Waals surface area (Å²) in [5.41, 5.74) is -1.31. The first-order valence-electron chi connectivity index (χ1n) is 5.55. The molecule has 0 saturated heterocycles. The molecule has 0 spiro atoms. The van der Waals surface area contributed by atoms with Gasteiger partial charge in [-0.1, -0.05) is 41.7 Å². The van der Waals surface area contributed by atoms with Gasteiger partial charge in [0.05, 0.1) is 21.3 Å². The number of hydrogen-bond donors (Lipinski definition) is 1. The third-order valence-corrected chi connectivity index (χ3v) is 3.60. The molecule has 1 aromatic heterocycles. The standard InChI is InChI=1S/C12H8Cl3FN2O2/c1-2-6-10(15)17-12(20)18(11(6)19)9-7(13)3-5(16)4-8(9)14/h3-4H,2H2,1H3,(H,17,20). The molecule has 8 heteroatoms. The van der Waals surface area contributed by atoms with Crippen LogP contribution in [0, 0.1) is 5.82 Å². The van der Waals surface area contributed by atoms with Gasteiger partial charge in [-0.05, 0) is 18.6 Å². The molecule has 0 atom stereocenters. The van der Waals surface area contributed by atoms with E-state index in [2.05, 4.69) is 4.98 Å². The van der Waals surface area contributed by atoms with Crippen LogP contribution in [0.1, 0.15) is 12.5 Å². The average Bonchev–Trinajstić information content (AvgIpc) is 2.32. The van der Waals surface area contributed by atoms with E-state index in [0.717, 1.165) is 16.7 Å². The van der Waals surface area contributed by atoms with E-state index < -0.39 is 17.1 Å². The van der Waals surface area contributed by atoms with E-state index in [9.17, 15) is 14.0 Å². The third-order valence-electron chi connectivity index (χ3n) is 2.70. The molecule has 1 aromatic carbocycles. The van der Waals surface area contributed by atoms with Gasteiger partial charge >= 0.3 is 5.69 Å². The number of aromatic nitrogens is 2. The predicted octanol–water partition coefficient (Wildman–Crippen LogP) is 3.19. The quantitative estimate of drug-likeness (QED) is 0.856. The number of nitrogens with one attached hydrogen (secondary N) is 1. The lowest BCUT2D eigenvalue weighted by atomic mass is 10.2. The summed E-state index contributed by atoms with van der Waals surface area (Å²) in [5, 5.41) is -0.327. The van der Waals surface area contributed by atoms with Gasteiger partial charge in [0, 0.05) is 0 Å². The van der Waals surface area contributed by atoms with Gasteiger partial charge in [0.15, 0.2) is 0 Å². The molecular weight excluding hydrogens is 330 g/mol.